The van der Waals surface area contributed by atoms with Gasteiger partial charge in [0.05, 0.1) is 5.56 Å². The smallest absolute Gasteiger partial charge is 0.345 e. The van der Waals surface area contributed by atoms with Crippen molar-refractivity contribution in [3.05, 3.63) is 81.5 Å². The molecule has 216 valence electrons. The third-order valence-corrected chi connectivity index (χ3v) is 8.87. The maximum atomic E-state index is 13.7. The molecule has 0 atom stereocenters. The monoisotopic (exact) mass is 586 g/mol. The molecule has 2 aliphatic rings. The molecular formula is C30H30F4N4O2S. The van der Waals surface area contributed by atoms with Crippen molar-refractivity contribution in [3.63, 3.8) is 0 Å². The second kappa shape index (κ2) is 11.0. The zero-order valence-electron chi connectivity index (χ0n) is 22.9. The van der Waals surface area contributed by atoms with Gasteiger partial charge in [-0.1, -0.05) is 6.07 Å². The topological polar surface area (TPSA) is 65.0 Å². The van der Waals surface area contributed by atoms with Crippen LogP contribution in [0.5, 0.6) is 0 Å². The Morgan fingerprint density at radius 1 is 1.10 bits per heavy atom. The van der Waals surface area contributed by atoms with E-state index in [0.717, 1.165) is 35.0 Å². The highest BCUT2D eigenvalue weighted by Crippen LogP contribution is 2.35. The lowest BCUT2D eigenvalue weighted by Crippen LogP contribution is -2.49. The lowest BCUT2D eigenvalue weighted by Gasteiger charge is -2.35. The minimum atomic E-state index is -4.84. The molecule has 1 N–H and O–H groups in total. The third-order valence-electron chi connectivity index (χ3n) is 7.69. The summed E-state index contributed by atoms with van der Waals surface area (Å²) in [5.41, 5.74) is 0.428. The first-order chi connectivity index (χ1) is 19.4. The number of carbonyl (C=O) groups excluding carboxylic acids is 2. The van der Waals surface area contributed by atoms with Gasteiger partial charge in [-0.05, 0) is 79.8 Å². The van der Waals surface area contributed by atoms with Crippen molar-refractivity contribution in [3.8, 4) is 10.4 Å². The Hall–Kier alpha value is -3.57. The van der Waals surface area contributed by atoms with E-state index < -0.39 is 23.1 Å². The van der Waals surface area contributed by atoms with E-state index in [9.17, 15) is 27.2 Å². The van der Waals surface area contributed by atoms with E-state index in [1.807, 2.05) is 25.1 Å². The van der Waals surface area contributed by atoms with Crippen LogP contribution in [0, 0.1) is 12.7 Å². The van der Waals surface area contributed by atoms with Gasteiger partial charge in [0, 0.05) is 54.6 Å². The minimum Gasteiger partial charge on any atom is -0.345 e. The number of aryl methyl sites for hydroxylation is 1. The summed E-state index contributed by atoms with van der Waals surface area (Å²) >= 11 is 1.72. The number of amidine groups is 1. The zero-order chi connectivity index (χ0) is 29.5. The molecule has 6 nitrogen and oxygen atoms in total. The van der Waals surface area contributed by atoms with Crippen LogP contribution in [0.3, 0.4) is 0 Å². The lowest BCUT2D eigenvalue weighted by molar-refractivity contribution is -0.140. The molecule has 0 unspecified atom stereocenters. The van der Waals surface area contributed by atoms with Crippen molar-refractivity contribution in [2.75, 3.05) is 33.7 Å². The Labute approximate surface area is 239 Å². The average molecular weight is 587 g/mol. The largest absolute Gasteiger partial charge is 0.419 e. The van der Waals surface area contributed by atoms with Gasteiger partial charge >= 0.3 is 6.18 Å². The number of alkyl halides is 3. The van der Waals surface area contributed by atoms with Crippen LogP contribution in [0.2, 0.25) is 0 Å². The van der Waals surface area contributed by atoms with Crippen molar-refractivity contribution >= 4 is 29.0 Å². The SMILES string of the molecule is Cc1cc(C(=O)N(C)C)ccc1-c1ccc(CCN2CCC3(CC2)N=C(c2ccc(F)c(C(F)(F)F)c2)NC3=O)s1. The van der Waals surface area contributed by atoms with E-state index in [-0.39, 0.29) is 23.2 Å². The first-order valence-corrected chi connectivity index (χ1v) is 14.1. The Balaban J connectivity index is 1.20. The van der Waals surface area contributed by atoms with Crippen molar-refractivity contribution in [1.82, 2.24) is 15.1 Å². The molecule has 1 aromatic heterocycles. The van der Waals surface area contributed by atoms with Crippen LogP contribution >= 0.6 is 11.3 Å². The number of piperidine rings is 1. The van der Waals surface area contributed by atoms with E-state index in [1.54, 1.807) is 30.3 Å². The standard InChI is InChI=1S/C30H30F4N4O2S/c1-18-16-20(27(39)37(2)3)4-7-22(18)25-9-6-21(41-25)10-13-38-14-11-29(12-15-38)28(40)35-26(36-29)19-5-8-24(31)23(17-19)30(32,33)34/h4-9,16-17H,10-15H2,1-3H3,(H,35,36,40). The van der Waals surface area contributed by atoms with Gasteiger partial charge in [-0.2, -0.15) is 13.2 Å². The van der Waals surface area contributed by atoms with Crippen LogP contribution in [-0.2, 0) is 17.4 Å². The summed E-state index contributed by atoms with van der Waals surface area (Å²) in [6.45, 7) is 4.06. The molecule has 41 heavy (non-hydrogen) atoms. The first-order valence-electron chi connectivity index (χ1n) is 13.3. The Kier molecular flexibility index (Phi) is 7.78. The molecule has 0 bridgehead atoms. The summed E-state index contributed by atoms with van der Waals surface area (Å²) in [6, 6.07) is 12.6. The fourth-order valence-corrected chi connectivity index (χ4v) is 6.37. The van der Waals surface area contributed by atoms with E-state index in [2.05, 4.69) is 27.3 Å². The predicted octanol–water partition coefficient (Wildman–Crippen LogP) is 5.54. The van der Waals surface area contributed by atoms with E-state index in [4.69, 9.17) is 0 Å². The molecule has 2 amide bonds. The number of benzene rings is 2. The van der Waals surface area contributed by atoms with Crippen LogP contribution in [0.4, 0.5) is 17.6 Å². The highest BCUT2D eigenvalue weighted by molar-refractivity contribution is 7.15. The van der Waals surface area contributed by atoms with Crippen molar-refractivity contribution in [2.45, 2.75) is 37.9 Å². The quantitative estimate of drug-likeness (QED) is 0.386. The molecule has 3 heterocycles. The van der Waals surface area contributed by atoms with Gasteiger partial charge in [0.1, 0.15) is 17.2 Å². The molecule has 5 rings (SSSR count). The number of amides is 2. The van der Waals surface area contributed by atoms with Gasteiger partial charge in [-0.25, -0.2) is 4.39 Å². The minimum absolute atomic E-state index is 0.0297. The average Bonchev–Trinajstić information content (AvgIpc) is 3.52. The molecular weight excluding hydrogens is 556 g/mol. The van der Waals surface area contributed by atoms with E-state index in [0.29, 0.717) is 37.6 Å². The molecule has 1 spiro atoms. The molecule has 1 fully saturated rings. The van der Waals surface area contributed by atoms with Gasteiger partial charge in [-0.15, -0.1) is 11.3 Å². The van der Waals surface area contributed by atoms with Crippen molar-refractivity contribution in [1.29, 1.82) is 0 Å². The highest BCUT2D eigenvalue weighted by Gasteiger charge is 2.46. The van der Waals surface area contributed by atoms with Crippen LogP contribution in [-0.4, -0.2) is 66.7 Å². The second-order valence-electron chi connectivity index (χ2n) is 10.7. The predicted molar refractivity (Wildman–Crippen MR) is 151 cm³/mol. The molecule has 0 saturated carbocycles. The van der Waals surface area contributed by atoms with Gasteiger partial charge < -0.3 is 15.1 Å². The van der Waals surface area contributed by atoms with Crippen molar-refractivity contribution in [2.24, 2.45) is 4.99 Å². The van der Waals surface area contributed by atoms with Gasteiger partial charge in [0.25, 0.3) is 11.8 Å². The lowest BCUT2D eigenvalue weighted by atomic mass is 9.88. The van der Waals surface area contributed by atoms with Crippen LogP contribution in [0.15, 0.2) is 53.5 Å². The van der Waals surface area contributed by atoms with Crippen molar-refractivity contribution < 1.29 is 27.2 Å². The number of aliphatic imine (C=N–C) groups is 1. The molecule has 2 aromatic carbocycles. The van der Waals surface area contributed by atoms with Crippen LogP contribution < -0.4 is 5.32 Å². The number of nitrogens with one attached hydrogen (secondary N) is 1. The first kappa shape index (κ1) is 28.9. The molecule has 3 aromatic rings. The number of nitrogens with zero attached hydrogens (tertiary/aromatic N) is 3. The Morgan fingerprint density at radius 2 is 1.83 bits per heavy atom. The summed E-state index contributed by atoms with van der Waals surface area (Å²) in [7, 11) is 3.46. The molecule has 1 saturated heterocycles. The second-order valence-corrected chi connectivity index (χ2v) is 11.9. The van der Waals surface area contributed by atoms with Crippen LogP contribution in [0.1, 0.15) is 44.8 Å². The maximum absolute atomic E-state index is 13.7. The number of thiophene rings is 1. The summed E-state index contributed by atoms with van der Waals surface area (Å²) in [5, 5.41) is 2.62. The molecule has 0 aliphatic carbocycles. The summed E-state index contributed by atoms with van der Waals surface area (Å²) in [5.74, 6) is -1.68. The Morgan fingerprint density at radius 3 is 2.49 bits per heavy atom. The zero-order valence-corrected chi connectivity index (χ0v) is 23.8. The fourth-order valence-electron chi connectivity index (χ4n) is 5.29. The fraction of sp³-hybridized carbons (Fsp3) is 0.367. The summed E-state index contributed by atoms with van der Waals surface area (Å²) in [4.78, 5) is 35.8. The Bertz CT molecular complexity index is 1520. The number of halogens is 4. The molecule has 2 aliphatic heterocycles. The van der Waals surface area contributed by atoms with Crippen LogP contribution in [0.25, 0.3) is 10.4 Å². The molecule has 0 radical (unpaired) electrons. The maximum Gasteiger partial charge on any atom is 0.419 e. The van der Waals surface area contributed by atoms with E-state index in [1.165, 1.54) is 10.9 Å². The number of rotatable bonds is 6. The van der Waals surface area contributed by atoms with Gasteiger partial charge in [0.15, 0.2) is 0 Å². The molecule has 11 heteroatoms. The van der Waals surface area contributed by atoms with E-state index >= 15 is 0 Å². The number of hydrogen-bond acceptors (Lipinski definition) is 5. The normalized spacial score (nSPS) is 17.0. The number of likely N-dealkylation sites (tertiary alicyclic amines) is 1. The summed E-state index contributed by atoms with van der Waals surface area (Å²) < 4.78 is 53.2. The third kappa shape index (κ3) is 5.92. The summed E-state index contributed by atoms with van der Waals surface area (Å²) in [6.07, 6.45) is -3.11. The van der Waals surface area contributed by atoms with Gasteiger partial charge in [0.2, 0.25) is 0 Å². The van der Waals surface area contributed by atoms with Gasteiger partial charge in [-0.3, -0.25) is 14.6 Å². The number of carbonyl (C=O) groups is 2. The highest BCUT2D eigenvalue weighted by atomic mass is 32.1. The number of hydrogen-bond donors (Lipinski definition) is 1.